The summed E-state index contributed by atoms with van der Waals surface area (Å²) in [5.41, 5.74) is 3.62. The Kier molecular flexibility index (Phi) is 5.12. The molecule has 6 nitrogen and oxygen atoms in total. The quantitative estimate of drug-likeness (QED) is 0.482. The van der Waals surface area contributed by atoms with Crippen LogP contribution in [0.25, 0.3) is 11.0 Å². The van der Waals surface area contributed by atoms with Gasteiger partial charge < -0.3 is 5.32 Å². The maximum absolute atomic E-state index is 13.5. The molecule has 1 aromatic heterocycles. The molecule has 8 heteroatoms. The number of aryl methyl sites for hydroxylation is 1. The van der Waals surface area contributed by atoms with E-state index in [0.717, 1.165) is 34.3 Å². The molecular formula is C25H20F2N4O2. The van der Waals surface area contributed by atoms with E-state index in [1.54, 1.807) is 9.47 Å². The summed E-state index contributed by atoms with van der Waals surface area (Å²) in [6, 6.07) is 17.6. The highest BCUT2D eigenvalue weighted by atomic mass is 19.2. The summed E-state index contributed by atoms with van der Waals surface area (Å²) in [6.45, 7) is 2.31. The summed E-state index contributed by atoms with van der Waals surface area (Å²) in [6.07, 6.45) is -0.171. The third kappa shape index (κ3) is 3.84. The Morgan fingerprint density at radius 2 is 1.85 bits per heavy atom. The van der Waals surface area contributed by atoms with Crippen molar-refractivity contribution in [3.05, 3.63) is 89.5 Å². The van der Waals surface area contributed by atoms with Crippen LogP contribution in [0.2, 0.25) is 0 Å². The number of benzene rings is 3. The Morgan fingerprint density at radius 1 is 1.03 bits per heavy atom. The molecule has 0 saturated carbocycles. The summed E-state index contributed by atoms with van der Waals surface area (Å²) in [5.74, 6) is -2.31. The van der Waals surface area contributed by atoms with E-state index in [4.69, 9.17) is 0 Å². The molecule has 2 heterocycles. The molecule has 1 atom stereocenters. The first-order valence-corrected chi connectivity index (χ1v) is 10.5. The number of hydrogen-bond acceptors (Lipinski definition) is 3. The third-order valence-corrected chi connectivity index (χ3v) is 5.69. The first-order chi connectivity index (χ1) is 15.9. The minimum atomic E-state index is -1.06. The molecule has 0 saturated heterocycles. The fraction of sp³-hybridized carbons (Fsp3) is 0.160. The SMILES string of the molecule is Cc1cccc(CN2C(=O)[C@@H](CC(=O)Nc3ccc(F)c(F)c3)n3c2nc2ccccc23)c1. The van der Waals surface area contributed by atoms with Gasteiger partial charge in [-0.2, -0.15) is 0 Å². The molecule has 2 amide bonds. The van der Waals surface area contributed by atoms with Crippen LogP contribution in [0.4, 0.5) is 20.4 Å². The van der Waals surface area contributed by atoms with Gasteiger partial charge in [0, 0.05) is 11.8 Å². The van der Waals surface area contributed by atoms with Crippen molar-refractivity contribution < 1.29 is 18.4 Å². The van der Waals surface area contributed by atoms with Gasteiger partial charge >= 0.3 is 0 Å². The van der Waals surface area contributed by atoms with Crippen molar-refractivity contribution in [2.45, 2.75) is 25.9 Å². The molecule has 3 aromatic carbocycles. The van der Waals surface area contributed by atoms with Crippen molar-refractivity contribution in [3.8, 4) is 0 Å². The Bertz CT molecular complexity index is 1400. The molecule has 1 aliphatic rings. The van der Waals surface area contributed by atoms with Crippen LogP contribution in [-0.2, 0) is 16.1 Å². The van der Waals surface area contributed by atoms with E-state index >= 15 is 0 Å². The second-order valence-corrected chi connectivity index (χ2v) is 8.08. The lowest BCUT2D eigenvalue weighted by molar-refractivity contribution is -0.124. The largest absolute Gasteiger partial charge is 0.326 e. The van der Waals surface area contributed by atoms with Crippen LogP contribution < -0.4 is 10.2 Å². The van der Waals surface area contributed by atoms with Gasteiger partial charge in [-0.15, -0.1) is 0 Å². The molecular weight excluding hydrogens is 426 g/mol. The fourth-order valence-electron chi connectivity index (χ4n) is 4.20. The number of anilines is 2. The summed E-state index contributed by atoms with van der Waals surface area (Å²) in [4.78, 5) is 32.4. The minimum Gasteiger partial charge on any atom is -0.326 e. The lowest BCUT2D eigenvalue weighted by atomic mass is 10.1. The molecule has 0 fully saturated rings. The van der Waals surface area contributed by atoms with E-state index in [1.807, 2.05) is 55.5 Å². The van der Waals surface area contributed by atoms with E-state index in [2.05, 4.69) is 10.3 Å². The number of rotatable bonds is 5. The average Bonchev–Trinajstić information content (AvgIpc) is 3.27. The number of nitrogens with zero attached hydrogens (tertiary/aromatic N) is 3. The number of para-hydroxylation sites is 2. The highest BCUT2D eigenvalue weighted by Gasteiger charge is 2.40. The molecule has 166 valence electrons. The van der Waals surface area contributed by atoms with Crippen molar-refractivity contribution in [3.63, 3.8) is 0 Å². The summed E-state index contributed by atoms with van der Waals surface area (Å²) in [7, 11) is 0. The smallest absolute Gasteiger partial charge is 0.253 e. The van der Waals surface area contributed by atoms with E-state index in [-0.39, 0.29) is 18.0 Å². The van der Waals surface area contributed by atoms with E-state index < -0.39 is 23.6 Å². The number of fused-ring (bicyclic) bond motifs is 3. The number of amides is 2. The second kappa shape index (κ2) is 8.12. The predicted octanol–water partition coefficient (Wildman–Crippen LogP) is 4.74. The molecule has 33 heavy (non-hydrogen) atoms. The third-order valence-electron chi connectivity index (χ3n) is 5.69. The van der Waals surface area contributed by atoms with Crippen molar-refractivity contribution >= 4 is 34.5 Å². The van der Waals surface area contributed by atoms with Gasteiger partial charge in [-0.3, -0.25) is 19.1 Å². The summed E-state index contributed by atoms with van der Waals surface area (Å²) < 4.78 is 28.5. The number of carbonyl (C=O) groups is 2. The van der Waals surface area contributed by atoms with Gasteiger partial charge in [-0.05, 0) is 36.8 Å². The van der Waals surface area contributed by atoms with Gasteiger partial charge in [0.15, 0.2) is 11.6 Å². The van der Waals surface area contributed by atoms with Crippen LogP contribution in [0.5, 0.6) is 0 Å². The molecule has 0 radical (unpaired) electrons. The fourth-order valence-corrected chi connectivity index (χ4v) is 4.20. The highest BCUT2D eigenvalue weighted by molar-refractivity contribution is 6.05. The van der Waals surface area contributed by atoms with Gasteiger partial charge in [0.2, 0.25) is 11.9 Å². The summed E-state index contributed by atoms with van der Waals surface area (Å²) in [5, 5.41) is 2.55. The zero-order valence-electron chi connectivity index (χ0n) is 17.8. The molecule has 1 N–H and O–H groups in total. The topological polar surface area (TPSA) is 67.2 Å². The van der Waals surface area contributed by atoms with Crippen LogP contribution >= 0.6 is 0 Å². The molecule has 0 bridgehead atoms. The Labute approximate surface area is 188 Å². The molecule has 1 aliphatic heterocycles. The molecule has 0 spiro atoms. The lowest BCUT2D eigenvalue weighted by Crippen LogP contribution is -2.31. The van der Waals surface area contributed by atoms with E-state index in [9.17, 15) is 18.4 Å². The van der Waals surface area contributed by atoms with E-state index in [0.29, 0.717) is 12.5 Å². The van der Waals surface area contributed by atoms with Gasteiger partial charge in [0.05, 0.1) is 24.0 Å². The van der Waals surface area contributed by atoms with Crippen LogP contribution in [-0.4, -0.2) is 21.4 Å². The molecule has 5 rings (SSSR count). The zero-order valence-corrected chi connectivity index (χ0v) is 17.8. The maximum atomic E-state index is 13.5. The molecule has 4 aromatic rings. The monoisotopic (exact) mass is 446 g/mol. The number of halogens is 2. The highest BCUT2D eigenvalue weighted by Crippen LogP contribution is 2.37. The summed E-state index contributed by atoms with van der Waals surface area (Å²) >= 11 is 0. The van der Waals surface area contributed by atoms with Gasteiger partial charge in [0.25, 0.3) is 5.91 Å². The number of imidazole rings is 1. The van der Waals surface area contributed by atoms with Crippen molar-refractivity contribution in [1.82, 2.24) is 9.55 Å². The number of aromatic nitrogens is 2. The average molecular weight is 446 g/mol. The standard InChI is InChI=1S/C25H20F2N4O2/c1-15-5-4-6-16(11-15)14-30-24(33)22(31-21-8-3-2-7-20(21)29-25(30)31)13-23(32)28-17-9-10-18(26)19(27)12-17/h2-12,22H,13-14H2,1H3,(H,28,32)/t22-/m1/s1. The van der Waals surface area contributed by atoms with Crippen molar-refractivity contribution in [1.29, 1.82) is 0 Å². The molecule has 0 aliphatic carbocycles. The Morgan fingerprint density at radius 3 is 2.64 bits per heavy atom. The predicted molar refractivity (Wildman–Crippen MR) is 121 cm³/mol. The van der Waals surface area contributed by atoms with Crippen LogP contribution in [0, 0.1) is 18.6 Å². The minimum absolute atomic E-state index is 0.122. The number of hydrogen-bond donors (Lipinski definition) is 1. The number of carbonyl (C=O) groups excluding carboxylic acids is 2. The van der Waals surface area contributed by atoms with Gasteiger partial charge in [-0.1, -0.05) is 42.0 Å². The van der Waals surface area contributed by atoms with E-state index in [1.165, 1.54) is 6.07 Å². The van der Waals surface area contributed by atoms with Gasteiger partial charge in [-0.25, -0.2) is 13.8 Å². The lowest BCUT2D eigenvalue weighted by Gasteiger charge is -2.16. The van der Waals surface area contributed by atoms with Crippen molar-refractivity contribution in [2.24, 2.45) is 0 Å². The zero-order chi connectivity index (χ0) is 23.1. The second-order valence-electron chi connectivity index (χ2n) is 8.08. The molecule has 0 unspecified atom stereocenters. The first kappa shape index (κ1) is 20.8. The van der Waals surface area contributed by atoms with Crippen LogP contribution in [0.1, 0.15) is 23.6 Å². The van der Waals surface area contributed by atoms with Crippen molar-refractivity contribution in [2.75, 3.05) is 10.2 Å². The van der Waals surface area contributed by atoms with Crippen LogP contribution in [0.15, 0.2) is 66.7 Å². The number of nitrogens with one attached hydrogen (secondary N) is 1. The maximum Gasteiger partial charge on any atom is 0.253 e. The Hall–Kier alpha value is -4.07. The van der Waals surface area contributed by atoms with Crippen LogP contribution in [0.3, 0.4) is 0 Å². The first-order valence-electron chi connectivity index (χ1n) is 10.5. The Balaban J connectivity index is 1.46. The van der Waals surface area contributed by atoms with Gasteiger partial charge in [0.1, 0.15) is 6.04 Å². The normalized spacial score (nSPS) is 15.2.